The summed E-state index contributed by atoms with van der Waals surface area (Å²) >= 11 is 5.71. The highest BCUT2D eigenvalue weighted by Gasteiger charge is 2.18. The van der Waals surface area contributed by atoms with E-state index in [9.17, 15) is 14.0 Å². The molecule has 0 spiro atoms. The third kappa shape index (κ3) is 4.01. The van der Waals surface area contributed by atoms with Crippen molar-refractivity contribution >= 4 is 29.2 Å². The molecule has 0 heterocycles. The Morgan fingerprint density at radius 1 is 1.53 bits per heavy atom. The van der Waals surface area contributed by atoms with Crippen LogP contribution in [0.1, 0.15) is 6.42 Å². The first kappa shape index (κ1) is 13.4. The molecule has 0 fully saturated rings. The Bertz CT molecular complexity index is 453. The largest absolute Gasteiger partial charge is 0.481 e. The van der Waals surface area contributed by atoms with Crippen molar-refractivity contribution in [3.63, 3.8) is 0 Å². The fourth-order valence-corrected chi connectivity index (χ4v) is 1.26. The predicted octanol–water partition coefficient (Wildman–Crippen LogP) is 1.22. The molecule has 0 saturated heterocycles. The van der Waals surface area contributed by atoms with E-state index >= 15 is 0 Å². The van der Waals surface area contributed by atoms with Gasteiger partial charge in [0.05, 0.1) is 23.2 Å². The van der Waals surface area contributed by atoms with E-state index in [4.69, 9.17) is 22.4 Å². The van der Waals surface area contributed by atoms with Crippen LogP contribution in [0.25, 0.3) is 0 Å². The topological polar surface area (TPSA) is 92.4 Å². The number of aliphatic carboxylic acids is 1. The number of carboxylic acids is 1. The van der Waals surface area contributed by atoms with Gasteiger partial charge < -0.3 is 16.2 Å². The van der Waals surface area contributed by atoms with Gasteiger partial charge >= 0.3 is 5.97 Å². The summed E-state index contributed by atoms with van der Waals surface area (Å²) in [4.78, 5) is 21.8. The molecule has 17 heavy (non-hydrogen) atoms. The van der Waals surface area contributed by atoms with Crippen LogP contribution in [-0.2, 0) is 9.59 Å². The summed E-state index contributed by atoms with van der Waals surface area (Å²) < 4.78 is 12.9. The van der Waals surface area contributed by atoms with Crippen molar-refractivity contribution in [1.82, 2.24) is 0 Å². The molecule has 7 heteroatoms. The average molecular weight is 261 g/mol. The fourth-order valence-electron chi connectivity index (χ4n) is 1.10. The third-order valence-electron chi connectivity index (χ3n) is 1.92. The van der Waals surface area contributed by atoms with Gasteiger partial charge in [-0.2, -0.15) is 0 Å². The van der Waals surface area contributed by atoms with Crippen molar-refractivity contribution in [2.75, 3.05) is 5.32 Å². The van der Waals surface area contributed by atoms with Crippen LogP contribution in [0.3, 0.4) is 0 Å². The van der Waals surface area contributed by atoms with Crippen LogP contribution in [0.4, 0.5) is 10.1 Å². The summed E-state index contributed by atoms with van der Waals surface area (Å²) in [5.41, 5.74) is 5.38. The molecule has 0 aliphatic heterocycles. The molecule has 0 aromatic heterocycles. The first-order chi connectivity index (χ1) is 7.90. The number of hydrogen-bond donors (Lipinski definition) is 3. The number of halogens is 2. The Kier molecular flexibility index (Phi) is 4.42. The highest BCUT2D eigenvalue weighted by molar-refractivity contribution is 6.33. The van der Waals surface area contributed by atoms with Crippen LogP contribution in [-0.4, -0.2) is 23.0 Å². The SMILES string of the molecule is NC(CC(=O)O)C(=O)Nc1cc(F)ccc1Cl. The van der Waals surface area contributed by atoms with E-state index in [1.54, 1.807) is 0 Å². The zero-order valence-corrected chi connectivity index (χ0v) is 9.37. The number of nitrogens with two attached hydrogens (primary N) is 1. The van der Waals surface area contributed by atoms with Crippen LogP contribution in [0, 0.1) is 5.82 Å². The van der Waals surface area contributed by atoms with Gasteiger partial charge in [-0.05, 0) is 18.2 Å². The van der Waals surface area contributed by atoms with Gasteiger partial charge in [0, 0.05) is 0 Å². The predicted molar refractivity (Wildman–Crippen MR) is 60.3 cm³/mol. The molecule has 0 aliphatic rings. The number of hydrogen-bond acceptors (Lipinski definition) is 3. The Morgan fingerprint density at radius 3 is 2.76 bits per heavy atom. The monoisotopic (exact) mass is 260 g/mol. The lowest BCUT2D eigenvalue weighted by atomic mass is 10.2. The third-order valence-corrected chi connectivity index (χ3v) is 2.25. The van der Waals surface area contributed by atoms with Crippen molar-refractivity contribution in [3.05, 3.63) is 29.0 Å². The standard InChI is InChI=1S/C10H10ClFN2O3/c11-6-2-1-5(12)3-8(6)14-10(17)7(13)4-9(15)16/h1-3,7H,4,13H2,(H,14,17)(H,15,16). The van der Waals surface area contributed by atoms with Gasteiger partial charge in [-0.3, -0.25) is 9.59 Å². The van der Waals surface area contributed by atoms with E-state index in [1.807, 2.05) is 0 Å². The number of benzene rings is 1. The van der Waals surface area contributed by atoms with Gasteiger partial charge in [-0.25, -0.2) is 4.39 Å². The van der Waals surface area contributed by atoms with Gasteiger partial charge in [0.2, 0.25) is 5.91 Å². The summed E-state index contributed by atoms with van der Waals surface area (Å²) in [6, 6.07) is 2.21. The molecule has 92 valence electrons. The first-order valence-corrected chi connectivity index (χ1v) is 5.01. The van der Waals surface area contributed by atoms with Crippen LogP contribution >= 0.6 is 11.6 Å². The Hall–Kier alpha value is -1.66. The summed E-state index contributed by atoms with van der Waals surface area (Å²) in [5.74, 6) is -2.51. The minimum Gasteiger partial charge on any atom is -0.481 e. The number of anilines is 1. The van der Waals surface area contributed by atoms with Crippen LogP contribution in [0.2, 0.25) is 5.02 Å². The van der Waals surface area contributed by atoms with Gasteiger partial charge in [0.1, 0.15) is 5.82 Å². The minimum absolute atomic E-state index is 0.0532. The van der Waals surface area contributed by atoms with E-state index in [2.05, 4.69) is 5.32 Å². The molecule has 1 aromatic carbocycles. The van der Waals surface area contributed by atoms with Crippen molar-refractivity contribution in [3.8, 4) is 0 Å². The van der Waals surface area contributed by atoms with E-state index in [-0.39, 0.29) is 10.7 Å². The normalized spacial score (nSPS) is 11.9. The maximum absolute atomic E-state index is 12.9. The maximum atomic E-state index is 12.9. The molecule has 0 bridgehead atoms. The molecular weight excluding hydrogens is 251 g/mol. The zero-order valence-electron chi connectivity index (χ0n) is 8.61. The Balaban J connectivity index is 2.73. The molecule has 5 nitrogen and oxygen atoms in total. The molecule has 1 aromatic rings. The van der Waals surface area contributed by atoms with Gasteiger partial charge in [0.15, 0.2) is 0 Å². The lowest BCUT2D eigenvalue weighted by Crippen LogP contribution is -2.37. The van der Waals surface area contributed by atoms with Gasteiger partial charge in [-0.1, -0.05) is 11.6 Å². The summed E-state index contributed by atoms with van der Waals surface area (Å²) in [6.07, 6.45) is -0.515. The number of nitrogens with one attached hydrogen (secondary N) is 1. The van der Waals surface area contributed by atoms with Crippen LogP contribution in [0.5, 0.6) is 0 Å². The number of amides is 1. The number of rotatable bonds is 4. The van der Waals surface area contributed by atoms with Crippen molar-refractivity contribution in [2.24, 2.45) is 5.73 Å². The van der Waals surface area contributed by atoms with Crippen molar-refractivity contribution in [1.29, 1.82) is 0 Å². The lowest BCUT2D eigenvalue weighted by Gasteiger charge is -2.11. The number of carbonyl (C=O) groups excluding carboxylic acids is 1. The number of carbonyl (C=O) groups is 2. The molecule has 1 atom stereocenters. The van der Waals surface area contributed by atoms with Gasteiger partial charge in [-0.15, -0.1) is 0 Å². The molecule has 1 rings (SSSR count). The Morgan fingerprint density at radius 2 is 2.18 bits per heavy atom. The quantitative estimate of drug-likeness (QED) is 0.759. The van der Waals surface area contributed by atoms with Crippen molar-refractivity contribution < 1.29 is 19.1 Å². The molecule has 1 amide bonds. The second-order valence-corrected chi connectivity index (χ2v) is 3.72. The molecule has 4 N–H and O–H groups in total. The molecule has 0 saturated carbocycles. The smallest absolute Gasteiger partial charge is 0.305 e. The molecule has 1 unspecified atom stereocenters. The maximum Gasteiger partial charge on any atom is 0.305 e. The van der Waals surface area contributed by atoms with Crippen LogP contribution < -0.4 is 11.1 Å². The highest BCUT2D eigenvalue weighted by Crippen LogP contribution is 2.22. The minimum atomic E-state index is -1.22. The number of carboxylic acid groups (broad SMARTS) is 1. The second-order valence-electron chi connectivity index (χ2n) is 3.32. The van der Waals surface area contributed by atoms with Gasteiger partial charge in [0.25, 0.3) is 0 Å². The fraction of sp³-hybridized carbons (Fsp3) is 0.200. The van der Waals surface area contributed by atoms with E-state index in [0.717, 1.165) is 12.1 Å². The Labute approximate surface area is 101 Å². The summed E-state index contributed by atoms with van der Waals surface area (Å²) in [6.45, 7) is 0. The lowest BCUT2D eigenvalue weighted by molar-refractivity contribution is -0.138. The zero-order chi connectivity index (χ0) is 13.0. The van der Waals surface area contributed by atoms with E-state index in [0.29, 0.717) is 0 Å². The van der Waals surface area contributed by atoms with E-state index in [1.165, 1.54) is 6.07 Å². The molecule has 0 aliphatic carbocycles. The summed E-state index contributed by atoms with van der Waals surface area (Å²) in [5, 5.41) is 10.8. The average Bonchev–Trinajstić information content (AvgIpc) is 2.22. The summed E-state index contributed by atoms with van der Waals surface area (Å²) in [7, 11) is 0. The van der Waals surface area contributed by atoms with Crippen molar-refractivity contribution in [2.45, 2.75) is 12.5 Å². The molecule has 0 radical (unpaired) electrons. The first-order valence-electron chi connectivity index (χ1n) is 4.63. The molecular formula is C10H10ClFN2O3. The van der Waals surface area contributed by atoms with E-state index < -0.39 is 30.2 Å². The highest BCUT2D eigenvalue weighted by atomic mass is 35.5. The second kappa shape index (κ2) is 5.60. The van der Waals surface area contributed by atoms with Crippen LogP contribution in [0.15, 0.2) is 18.2 Å².